The molecule has 1 aromatic heterocycles. The topological polar surface area (TPSA) is 53.8 Å². The first kappa shape index (κ1) is 22.3. The molecule has 0 saturated heterocycles. The molecule has 0 bridgehead atoms. The second-order valence-corrected chi connectivity index (χ2v) is 9.49. The maximum absolute atomic E-state index is 13.7. The Morgan fingerprint density at radius 1 is 1.03 bits per heavy atom. The van der Waals surface area contributed by atoms with Crippen LogP contribution < -0.4 is 5.43 Å². The number of hydrogen-bond donors (Lipinski definition) is 0. The number of carbonyl (C=O) groups is 1. The largest absolute Gasteiger partial charge is 0.450 e. The Bertz CT molecular complexity index is 1220. The van der Waals surface area contributed by atoms with Gasteiger partial charge in [0.2, 0.25) is 5.76 Å². The molecule has 3 aromatic rings. The molecule has 4 rings (SSSR count). The summed E-state index contributed by atoms with van der Waals surface area (Å²) in [6.45, 7) is 9.70. The summed E-state index contributed by atoms with van der Waals surface area (Å²) in [5.74, 6) is 0.403. The van der Waals surface area contributed by atoms with E-state index in [9.17, 15) is 9.59 Å². The normalized spacial score (nSPS) is 15.9. The van der Waals surface area contributed by atoms with Crippen molar-refractivity contribution in [3.63, 3.8) is 0 Å². The van der Waals surface area contributed by atoms with Gasteiger partial charge in [-0.2, -0.15) is 0 Å². The highest BCUT2D eigenvalue weighted by atomic mass is 16.3. The number of rotatable bonds is 6. The van der Waals surface area contributed by atoms with Gasteiger partial charge in [0, 0.05) is 6.54 Å². The van der Waals surface area contributed by atoms with Crippen LogP contribution in [-0.2, 0) is 0 Å². The third-order valence-electron chi connectivity index (χ3n) is 6.51. The lowest BCUT2D eigenvalue weighted by atomic mass is 9.95. The zero-order valence-corrected chi connectivity index (χ0v) is 19.9. The molecule has 1 atom stereocenters. The van der Waals surface area contributed by atoms with Crippen LogP contribution in [0.5, 0.6) is 0 Å². The van der Waals surface area contributed by atoms with Gasteiger partial charge in [0.15, 0.2) is 5.43 Å². The molecule has 0 spiro atoms. The average molecular weight is 433 g/mol. The third kappa shape index (κ3) is 3.86. The summed E-state index contributed by atoms with van der Waals surface area (Å²) >= 11 is 0. The van der Waals surface area contributed by atoms with Gasteiger partial charge < -0.3 is 14.2 Å². The van der Waals surface area contributed by atoms with Crippen molar-refractivity contribution in [1.29, 1.82) is 0 Å². The number of hydrogen-bond acceptors (Lipinski definition) is 4. The van der Waals surface area contributed by atoms with Crippen molar-refractivity contribution >= 4 is 16.9 Å². The molecule has 0 saturated carbocycles. The molecular weight excluding hydrogens is 400 g/mol. The zero-order chi connectivity index (χ0) is 23.2. The van der Waals surface area contributed by atoms with Gasteiger partial charge in [0.05, 0.1) is 17.0 Å². The Balaban J connectivity index is 1.88. The van der Waals surface area contributed by atoms with Crippen LogP contribution in [0.2, 0.25) is 0 Å². The van der Waals surface area contributed by atoms with E-state index in [0.29, 0.717) is 29.0 Å². The van der Waals surface area contributed by atoms with Gasteiger partial charge in [-0.3, -0.25) is 9.59 Å². The van der Waals surface area contributed by atoms with Gasteiger partial charge in [0.1, 0.15) is 5.58 Å². The van der Waals surface area contributed by atoms with E-state index in [1.54, 1.807) is 0 Å². The molecular formula is C27H32N2O3. The lowest BCUT2D eigenvalue weighted by Gasteiger charge is -2.26. The van der Waals surface area contributed by atoms with Crippen molar-refractivity contribution < 1.29 is 9.21 Å². The van der Waals surface area contributed by atoms with Gasteiger partial charge in [-0.25, -0.2) is 0 Å². The molecule has 1 aliphatic rings. The molecule has 0 fully saturated rings. The van der Waals surface area contributed by atoms with Crippen LogP contribution in [0.4, 0.5) is 0 Å². The second-order valence-electron chi connectivity index (χ2n) is 9.49. The number of benzene rings is 2. The number of carbonyl (C=O) groups excluding carboxylic acids is 1. The van der Waals surface area contributed by atoms with E-state index in [2.05, 4.69) is 30.9 Å². The Hall–Kier alpha value is -2.92. The molecule has 5 heteroatoms. The average Bonchev–Trinajstić information content (AvgIpc) is 3.02. The minimum Gasteiger partial charge on any atom is -0.450 e. The lowest BCUT2D eigenvalue weighted by molar-refractivity contribution is 0.0722. The summed E-state index contributed by atoms with van der Waals surface area (Å²) in [7, 11) is 4.04. The fourth-order valence-electron chi connectivity index (χ4n) is 4.47. The maximum Gasteiger partial charge on any atom is 0.290 e. The number of nitrogens with zero attached hydrogens (tertiary/aromatic N) is 2. The van der Waals surface area contributed by atoms with Crippen LogP contribution in [0.15, 0.2) is 45.6 Å². The number of amides is 1. The fourth-order valence-corrected chi connectivity index (χ4v) is 4.47. The van der Waals surface area contributed by atoms with Gasteiger partial charge in [-0.1, -0.05) is 38.1 Å². The molecule has 32 heavy (non-hydrogen) atoms. The van der Waals surface area contributed by atoms with Gasteiger partial charge in [0.25, 0.3) is 5.91 Å². The molecule has 1 aliphatic heterocycles. The minimum atomic E-state index is -0.428. The van der Waals surface area contributed by atoms with Crippen LogP contribution in [0, 0.1) is 13.8 Å². The Morgan fingerprint density at radius 2 is 1.69 bits per heavy atom. The molecule has 1 amide bonds. The van der Waals surface area contributed by atoms with Gasteiger partial charge >= 0.3 is 0 Å². The molecule has 2 aromatic carbocycles. The molecule has 168 valence electrons. The minimum absolute atomic E-state index is 0.106. The lowest BCUT2D eigenvalue weighted by Crippen LogP contribution is -2.32. The van der Waals surface area contributed by atoms with Crippen molar-refractivity contribution in [3.8, 4) is 0 Å². The van der Waals surface area contributed by atoms with Crippen molar-refractivity contribution in [2.45, 2.75) is 46.1 Å². The highest BCUT2D eigenvalue weighted by molar-refractivity contribution is 5.99. The SMILES string of the molecule is Cc1cc2oc3c(c(=O)c2cc1C)C(c1ccc(C(C)C)cc1)N(CCCN(C)C)C3=O. The van der Waals surface area contributed by atoms with Crippen LogP contribution in [0.25, 0.3) is 11.0 Å². The first-order valence-electron chi connectivity index (χ1n) is 11.3. The molecule has 5 nitrogen and oxygen atoms in total. The predicted octanol–water partition coefficient (Wildman–Crippen LogP) is 5.03. The Kier molecular flexibility index (Phi) is 5.95. The fraction of sp³-hybridized carbons (Fsp3) is 0.407. The van der Waals surface area contributed by atoms with Crippen molar-refractivity contribution in [3.05, 3.63) is 80.2 Å². The van der Waals surface area contributed by atoms with E-state index >= 15 is 0 Å². The van der Waals surface area contributed by atoms with E-state index in [0.717, 1.165) is 29.7 Å². The summed E-state index contributed by atoms with van der Waals surface area (Å²) in [6.07, 6.45) is 0.819. The van der Waals surface area contributed by atoms with E-state index in [1.165, 1.54) is 5.56 Å². The van der Waals surface area contributed by atoms with Crippen LogP contribution >= 0.6 is 0 Å². The molecule has 2 heterocycles. The first-order valence-corrected chi connectivity index (χ1v) is 11.3. The quantitative estimate of drug-likeness (QED) is 0.548. The van der Waals surface area contributed by atoms with Crippen molar-refractivity contribution in [1.82, 2.24) is 9.80 Å². The Labute approximate surface area is 189 Å². The second kappa shape index (κ2) is 8.55. The first-order chi connectivity index (χ1) is 15.2. The number of aryl methyl sites for hydroxylation is 2. The van der Waals surface area contributed by atoms with E-state index in [1.807, 2.05) is 57.1 Å². The summed E-state index contributed by atoms with van der Waals surface area (Å²) < 4.78 is 6.10. The highest BCUT2D eigenvalue weighted by Crippen LogP contribution is 2.38. The Morgan fingerprint density at radius 3 is 2.31 bits per heavy atom. The van der Waals surface area contributed by atoms with E-state index in [-0.39, 0.29) is 17.1 Å². The number of fused-ring (bicyclic) bond motifs is 2. The van der Waals surface area contributed by atoms with Gasteiger partial charge in [-0.15, -0.1) is 0 Å². The van der Waals surface area contributed by atoms with Gasteiger partial charge in [-0.05, 0) is 81.2 Å². The zero-order valence-electron chi connectivity index (χ0n) is 19.9. The predicted molar refractivity (Wildman–Crippen MR) is 129 cm³/mol. The van der Waals surface area contributed by atoms with E-state index < -0.39 is 6.04 Å². The molecule has 0 aliphatic carbocycles. The maximum atomic E-state index is 13.7. The summed E-state index contributed by atoms with van der Waals surface area (Å²) in [5.41, 5.74) is 5.09. The summed E-state index contributed by atoms with van der Waals surface area (Å²) in [4.78, 5) is 31.0. The molecule has 0 radical (unpaired) electrons. The van der Waals surface area contributed by atoms with Crippen molar-refractivity contribution in [2.75, 3.05) is 27.2 Å². The summed E-state index contributed by atoms with van der Waals surface area (Å²) in [6, 6.07) is 11.6. The standard InChI is InChI=1S/C27H32N2O3/c1-16(2)19-8-10-20(11-9-19)24-23-25(30)21-14-17(3)18(4)15-22(21)32-26(23)27(31)29(24)13-7-12-28(5)6/h8-11,14-16,24H,7,12-13H2,1-6H3. The third-order valence-corrected chi connectivity index (χ3v) is 6.51. The van der Waals surface area contributed by atoms with E-state index in [4.69, 9.17) is 4.42 Å². The van der Waals surface area contributed by atoms with Crippen molar-refractivity contribution in [2.24, 2.45) is 0 Å². The monoisotopic (exact) mass is 432 g/mol. The highest BCUT2D eigenvalue weighted by Gasteiger charge is 2.42. The molecule has 1 unspecified atom stereocenters. The summed E-state index contributed by atoms with van der Waals surface area (Å²) in [5, 5.41) is 0.540. The van der Waals surface area contributed by atoms with Crippen LogP contribution in [-0.4, -0.2) is 42.9 Å². The molecule has 0 N–H and O–H groups in total. The van der Waals surface area contributed by atoms with Crippen LogP contribution in [0.1, 0.15) is 70.6 Å². The smallest absolute Gasteiger partial charge is 0.290 e. The van der Waals surface area contributed by atoms with Crippen LogP contribution in [0.3, 0.4) is 0 Å².